The van der Waals surface area contributed by atoms with Crippen molar-refractivity contribution >= 4 is 17.3 Å². The average molecular weight is 262 g/mol. The van der Waals surface area contributed by atoms with E-state index < -0.39 is 34.8 Å². The molecule has 1 aromatic rings. The fourth-order valence-corrected chi connectivity index (χ4v) is 1.22. The number of anilines is 1. The lowest BCUT2D eigenvalue weighted by Crippen LogP contribution is -2.10. The molecule has 0 heterocycles. The molecule has 0 atom stereocenters. The van der Waals surface area contributed by atoms with Crippen LogP contribution < -0.4 is 10.5 Å². The highest BCUT2D eigenvalue weighted by molar-refractivity contribution is 6.34. The van der Waals surface area contributed by atoms with Gasteiger partial charge in [0.2, 0.25) is 0 Å². The van der Waals surface area contributed by atoms with Crippen LogP contribution in [0, 0.1) is 0 Å². The van der Waals surface area contributed by atoms with Crippen LogP contribution in [0.1, 0.15) is 5.56 Å². The molecule has 90 valence electrons. The Hall–Kier alpha value is -1.24. The zero-order chi connectivity index (χ0) is 12.5. The molecule has 0 spiro atoms. The Bertz CT molecular complexity index is 393. The number of rotatable bonds is 2. The predicted octanol–water partition coefficient (Wildman–Crippen LogP) is 3.54. The Morgan fingerprint density at radius 1 is 1.25 bits per heavy atom. The summed E-state index contributed by atoms with van der Waals surface area (Å²) in [6, 6.07) is 1.21. The van der Waals surface area contributed by atoms with Gasteiger partial charge in [0, 0.05) is 0 Å². The fourth-order valence-electron chi connectivity index (χ4n) is 1.01. The zero-order valence-electron chi connectivity index (χ0n) is 7.49. The Morgan fingerprint density at radius 3 is 2.25 bits per heavy atom. The maximum atomic E-state index is 12.3. The summed E-state index contributed by atoms with van der Waals surface area (Å²) < 4.78 is 64.4. The van der Waals surface area contributed by atoms with Crippen LogP contribution in [0.25, 0.3) is 0 Å². The third kappa shape index (κ3) is 2.66. The number of ether oxygens (including phenoxy) is 1. The lowest BCUT2D eigenvalue weighted by Gasteiger charge is -2.13. The van der Waals surface area contributed by atoms with E-state index in [0.717, 1.165) is 0 Å². The molecule has 0 unspecified atom stereocenters. The number of nitrogen functional groups attached to an aromatic ring is 1. The summed E-state index contributed by atoms with van der Waals surface area (Å²) in [5, 5.41) is -0.685. The quantitative estimate of drug-likeness (QED) is 0.653. The molecule has 1 rings (SSSR count). The molecule has 0 saturated heterocycles. The number of halogens is 6. The van der Waals surface area contributed by atoms with Crippen molar-refractivity contribution in [2.45, 2.75) is 12.8 Å². The minimum absolute atomic E-state index is 0.527. The molecule has 2 N–H and O–H groups in total. The van der Waals surface area contributed by atoms with E-state index in [1.807, 2.05) is 0 Å². The second kappa shape index (κ2) is 4.32. The van der Waals surface area contributed by atoms with Crippen molar-refractivity contribution in [1.29, 1.82) is 0 Å². The van der Waals surface area contributed by atoms with Gasteiger partial charge in [-0.2, -0.15) is 22.0 Å². The second-order valence-electron chi connectivity index (χ2n) is 2.72. The van der Waals surface area contributed by atoms with E-state index in [4.69, 9.17) is 17.3 Å². The Labute approximate surface area is 91.7 Å². The summed E-state index contributed by atoms with van der Waals surface area (Å²) in [6.45, 7) is -3.19. The normalized spacial score (nSPS) is 11.9. The number of hydrogen-bond donors (Lipinski definition) is 1. The van der Waals surface area contributed by atoms with E-state index >= 15 is 0 Å². The highest BCUT2D eigenvalue weighted by Crippen LogP contribution is 2.41. The second-order valence-corrected chi connectivity index (χ2v) is 3.09. The van der Waals surface area contributed by atoms with Crippen molar-refractivity contribution in [1.82, 2.24) is 0 Å². The van der Waals surface area contributed by atoms with E-state index in [1.54, 1.807) is 0 Å². The summed E-state index contributed by atoms with van der Waals surface area (Å²) in [5.41, 5.74) is 3.03. The Balaban J connectivity index is 3.19. The van der Waals surface area contributed by atoms with Crippen molar-refractivity contribution in [3.8, 4) is 5.75 Å². The van der Waals surface area contributed by atoms with Gasteiger partial charge in [0.1, 0.15) is 10.8 Å². The minimum atomic E-state index is -4.70. The van der Waals surface area contributed by atoms with E-state index in [9.17, 15) is 22.0 Å². The van der Waals surface area contributed by atoms with Gasteiger partial charge in [-0.15, -0.1) is 0 Å². The molecular formula is C8H5ClF5NO. The first-order valence-electron chi connectivity index (χ1n) is 3.83. The van der Waals surface area contributed by atoms with Crippen LogP contribution in [0.2, 0.25) is 5.02 Å². The molecule has 0 aliphatic carbocycles. The van der Waals surface area contributed by atoms with Gasteiger partial charge in [-0.25, -0.2) is 0 Å². The van der Waals surface area contributed by atoms with Gasteiger partial charge in [0.05, 0.1) is 11.3 Å². The summed E-state index contributed by atoms with van der Waals surface area (Å²) in [6.07, 6.45) is -4.70. The van der Waals surface area contributed by atoms with Crippen molar-refractivity contribution in [2.75, 3.05) is 5.73 Å². The van der Waals surface area contributed by atoms with Crippen molar-refractivity contribution in [3.63, 3.8) is 0 Å². The standard InChI is InChI=1S/C8H5ClF5NO/c9-5-4(16-7(10)11)2-1-3(6(5)15)8(12,13)14/h1-2,7H,15H2. The molecule has 0 bridgehead atoms. The monoisotopic (exact) mass is 261 g/mol. The predicted molar refractivity (Wildman–Crippen MR) is 47.5 cm³/mol. The largest absolute Gasteiger partial charge is 0.433 e. The van der Waals surface area contributed by atoms with E-state index in [-0.39, 0.29) is 0 Å². The highest BCUT2D eigenvalue weighted by atomic mass is 35.5. The van der Waals surface area contributed by atoms with Crippen molar-refractivity contribution in [2.24, 2.45) is 0 Å². The van der Waals surface area contributed by atoms with E-state index in [2.05, 4.69) is 4.74 Å². The molecule has 0 saturated carbocycles. The molecule has 16 heavy (non-hydrogen) atoms. The summed E-state index contributed by atoms with van der Waals surface area (Å²) >= 11 is 5.37. The number of benzene rings is 1. The smallest absolute Gasteiger partial charge is 0.418 e. The third-order valence-electron chi connectivity index (χ3n) is 1.67. The van der Waals surface area contributed by atoms with Crippen LogP contribution in [0.5, 0.6) is 5.75 Å². The molecule has 0 radical (unpaired) electrons. The van der Waals surface area contributed by atoms with Crippen molar-refractivity contribution in [3.05, 3.63) is 22.7 Å². The van der Waals surface area contributed by atoms with E-state index in [0.29, 0.717) is 12.1 Å². The average Bonchev–Trinajstić information content (AvgIpc) is 2.10. The van der Waals surface area contributed by atoms with Gasteiger partial charge in [0.25, 0.3) is 0 Å². The lowest BCUT2D eigenvalue weighted by atomic mass is 10.1. The van der Waals surface area contributed by atoms with Crippen LogP contribution in [0.15, 0.2) is 12.1 Å². The topological polar surface area (TPSA) is 35.2 Å². The molecule has 0 aliphatic rings. The summed E-state index contributed by atoms with van der Waals surface area (Å²) in [5.74, 6) is -0.595. The van der Waals surface area contributed by atoms with Gasteiger partial charge < -0.3 is 10.5 Å². The first-order chi connectivity index (χ1) is 7.23. The van der Waals surface area contributed by atoms with Gasteiger partial charge in [0.15, 0.2) is 0 Å². The van der Waals surface area contributed by atoms with Crippen LogP contribution in [0.4, 0.5) is 27.6 Å². The molecule has 8 heteroatoms. The van der Waals surface area contributed by atoms with Gasteiger partial charge in [-0.3, -0.25) is 0 Å². The fraction of sp³-hybridized carbons (Fsp3) is 0.250. The number of alkyl halides is 5. The van der Waals surface area contributed by atoms with Crippen molar-refractivity contribution < 1.29 is 26.7 Å². The molecule has 0 amide bonds. The lowest BCUT2D eigenvalue weighted by molar-refractivity contribution is -0.136. The first-order valence-corrected chi connectivity index (χ1v) is 4.21. The first kappa shape index (κ1) is 12.8. The minimum Gasteiger partial charge on any atom is -0.433 e. The Morgan fingerprint density at radius 2 is 1.81 bits per heavy atom. The third-order valence-corrected chi connectivity index (χ3v) is 2.06. The van der Waals surface area contributed by atoms with Crippen LogP contribution in [-0.4, -0.2) is 6.61 Å². The van der Waals surface area contributed by atoms with Crippen LogP contribution in [-0.2, 0) is 6.18 Å². The molecule has 0 aliphatic heterocycles. The summed E-state index contributed by atoms with van der Waals surface area (Å²) in [4.78, 5) is 0. The van der Waals surface area contributed by atoms with Crippen LogP contribution in [0.3, 0.4) is 0 Å². The maximum absolute atomic E-state index is 12.3. The van der Waals surface area contributed by atoms with E-state index in [1.165, 1.54) is 0 Å². The van der Waals surface area contributed by atoms with Gasteiger partial charge in [-0.05, 0) is 12.1 Å². The molecule has 1 aromatic carbocycles. The Kier molecular flexibility index (Phi) is 3.47. The zero-order valence-corrected chi connectivity index (χ0v) is 8.24. The highest BCUT2D eigenvalue weighted by Gasteiger charge is 2.34. The number of nitrogens with two attached hydrogens (primary N) is 1. The van der Waals surface area contributed by atoms with Gasteiger partial charge >= 0.3 is 12.8 Å². The number of hydrogen-bond acceptors (Lipinski definition) is 2. The molecule has 0 aromatic heterocycles. The molecular weight excluding hydrogens is 257 g/mol. The maximum Gasteiger partial charge on any atom is 0.418 e. The molecule has 0 fully saturated rings. The molecule has 2 nitrogen and oxygen atoms in total. The summed E-state index contributed by atoms with van der Waals surface area (Å²) in [7, 11) is 0. The SMILES string of the molecule is Nc1c(C(F)(F)F)ccc(OC(F)F)c1Cl. The van der Waals surface area contributed by atoms with Crippen LogP contribution >= 0.6 is 11.6 Å². The van der Waals surface area contributed by atoms with Gasteiger partial charge in [-0.1, -0.05) is 11.6 Å².